The molecule has 1 aromatic rings. The molecule has 0 amide bonds. The zero-order valence-corrected chi connectivity index (χ0v) is 11.5. The van der Waals surface area contributed by atoms with Crippen molar-refractivity contribution in [2.75, 3.05) is 13.1 Å². The van der Waals surface area contributed by atoms with E-state index in [9.17, 15) is 22.7 Å². The van der Waals surface area contributed by atoms with Gasteiger partial charge in [-0.3, -0.25) is 4.90 Å². The number of fused-ring (bicyclic) bond motifs is 1. The van der Waals surface area contributed by atoms with Gasteiger partial charge in [0, 0.05) is 12.6 Å². The third-order valence-electron chi connectivity index (χ3n) is 4.72. The van der Waals surface area contributed by atoms with Crippen LogP contribution in [-0.4, -0.2) is 29.1 Å². The first-order valence-electron chi connectivity index (χ1n) is 7.16. The summed E-state index contributed by atoms with van der Waals surface area (Å²) in [5.41, 5.74) is -2.28. The van der Waals surface area contributed by atoms with Crippen LogP contribution in [0.15, 0.2) is 18.2 Å². The van der Waals surface area contributed by atoms with Gasteiger partial charge in [-0.05, 0) is 43.5 Å². The van der Waals surface area contributed by atoms with Crippen LogP contribution in [0.3, 0.4) is 0 Å². The van der Waals surface area contributed by atoms with Crippen molar-refractivity contribution >= 4 is 0 Å². The highest BCUT2D eigenvalue weighted by Crippen LogP contribution is 2.43. The van der Waals surface area contributed by atoms with Gasteiger partial charge in [-0.25, -0.2) is 4.39 Å². The van der Waals surface area contributed by atoms with Crippen LogP contribution in [-0.2, 0) is 11.8 Å². The Kier molecular flexibility index (Phi) is 3.48. The van der Waals surface area contributed by atoms with Crippen molar-refractivity contribution in [1.82, 2.24) is 4.90 Å². The second-order valence-corrected chi connectivity index (χ2v) is 5.91. The molecule has 116 valence electrons. The van der Waals surface area contributed by atoms with E-state index in [1.54, 1.807) is 0 Å². The van der Waals surface area contributed by atoms with E-state index >= 15 is 0 Å². The molecule has 21 heavy (non-hydrogen) atoms. The maximum Gasteiger partial charge on any atom is 0.419 e. The lowest BCUT2D eigenvalue weighted by atomic mass is 9.82. The molecule has 0 radical (unpaired) electrons. The molecule has 0 saturated carbocycles. The molecule has 2 aliphatic rings. The van der Waals surface area contributed by atoms with Gasteiger partial charge in [-0.1, -0.05) is 12.5 Å². The highest BCUT2D eigenvalue weighted by molar-refractivity contribution is 5.32. The van der Waals surface area contributed by atoms with Crippen LogP contribution in [0.25, 0.3) is 0 Å². The predicted octanol–water partition coefficient (Wildman–Crippen LogP) is 3.29. The Labute approximate surface area is 120 Å². The summed E-state index contributed by atoms with van der Waals surface area (Å²) in [6.07, 6.45) is -1.44. The Morgan fingerprint density at radius 2 is 1.95 bits per heavy atom. The second-order valence-electron chi connectivity index (χ2n) is 5.91. The average molecular weight is 303 g/mol. The monoisotopic (exact) mass is 303 g/mol. The minimum absolute atomic E-state index is 0.123. The van der Waals surface area contributed by atoms with Gasteiger partial charge in [0.25, 0.3) is 0 Å². The normalized spacial score (nSPS) is 30.4. The van der Waals surface area contributed by atoms with Crippen LogP contribution in [0, 0.1) is 5.82 Å². The molecular formula is C15H17F4NO. The number of halogens is 4. The van der Waals surface area contributed by atoms with Gasteiger partial charge in [0.1, 0.15) is 11.4 Å². The molecule has 2 fully saturated rings. The first-order valence-corrected chi connectivity index (χ1v) is 7.16. The first kappa shape index (κ1) is 14.8. The van der Waals surface area contributed by atoms with Crippen molar-refractivity contribution in [2.45, 2.75) is 43.5 Å². The summed E-state index contributed by atoms with van der Waals surface area (Å²) in [5.74, 6) is -1.32. The first-order chi connectivity index (χ1) is 9.82. The highest BCUT2D eigenvalue weighted by atomic mass is 19.4. The van der Waals surface area contributed by atoms with Gasteiger partial charge in [-0.15, -0.1) is 0 Å². The Morgan fingerprint density at radius 3 is 2.62 bits per heavy atom. The van der Waals surface area contributed by atoms with E-state index in [4.69, 9.17) is 0 Å². The van der Waals surface area contributed by atoms with Gasteiger partial charge < -0.3 is 5.11 Å². The van der Waals surface area contributed by atoms with E-state index in [0.717, 1.165) is 37.9 Å². The van der Waals surface area contributed by atoms with E-state index in [0.29, 0.717) is 13.0 Å². The van der Waals surface area contributed by atoms with Crippen LogP contribution >= 0.6 is 0 Å². The van der Waals surface area contributed by atoms with Crippen LogP contribution < -0.4 is 0 Å². The van der Waals surface area contributed by atoms with Gasteiger partial charge in [-0.2, -0.15) is 13.2 Å². The number of alkyl halides is 3. The van der Waals surface area contributed by atoms with E-state index in [2.05, 4.69) is 4.90 Å². The number of aliphatic hydroxyl groups is 1. The zero-order chi connectivity index (χ0) is 15.3. The Hall–Kier alpha value is -1.14. The van der Waals surface area contributed by atoms with E-state index in [1.165, 1.54) is 6.07 Å². The molecule has 1 N–H and O–H groups in total. The summed E-state index contributed by atoms with van der Waals surface area (Å²) in [5, 5.41) is 10.9. The second kappa shape index (κ2) is 4.95. The lowest BCUT2D eigenvalue weighted by Gasteiger charge is -2.37. The molecule has 2 saturated heterocycles. The van der Waals surface area contributed by atoms with Crippen molar-refractivity contribution in [3.05, 3.63) is 35.1 Å². The maximum atomic E-state index is 13.7. The number of hydrogen-bond acceptors (Lipinski definition) is 2. The molecule has 2 atom stereocenters. The minimum Gasteiger partial charge on any atom is -0.383 e. The summed E-state index contributed by atoms with van der Waals surface area (Å²) in [6.45, 7) is 1.58. The van der Waals surface area contributed by atoms with Crippen LogP contribution in [0.2, 0.25) is 0 Å². The third kappa shape index (κ3) is 2.44. The minimum atomic E-state index is -4.71. The van der Waals surface area contributed by atoms with Gasteiger partial charge in [0.05, 0.1) is 5.56 Å². The maximum absolute atomic E-state index is 13.7. The number of benzene rings is 1. The van der Waals surface area contributed by atoms with Crippen LogP contribution in [0.1, 0.15) is 36.8 Å². The Balaban J connectivity index is 1.95. The fourth-order valence-electron chi connectivity index (χ4n) is 3.63. The molecule has 0 bridgehead atoms. The van der Waals surface area contributed by atoms with Crippen molar-refractivity contribution in [1.29, 1.82) is 0 Å². The molecule has 2 aliphatic heterocycles. The number of hydrogen-bond donors (Lipinski definition) is 1. The third-order valence-corrected chi connectivity index (χ3v) is 4.72. The van der Waals surface area contributed by atoms with Crippen molar-refractivity contribution in [2.24, 2.45) is 0 Å². The fraction of sp³-hybridized carbons (Fsp3) is 0.600. The van der Waals surface area contributed by atoms with Crippen molar-refractivity contribution < 1.29 is 22.7 Å². The quantitative estimate of drug-likeness (QED) is 0.805. The number of nitrogens with zero attached hydrogens (tertiary/aromatic N) is 1. The molecule has 0 aliphatic carbocycles. The standard InChI is InChI=1S/C15H17F4NO/c16-12-9-10(4-5-11(12)15(17,18)19)14(21)6-8-20-7-2-1-3-13(14)20/h4-5,9,13,21H,1-3,6-8H2. The lowest BCUT2D eigenvalue weighted by Crippen LogP contribution is -2.45. The van der Waals surface area contributed by atoms with Crippen LogP contribution in [0.4, 0.5) is 17.6 Å². The molecule has 0 aromatic heterocycles. The lowest BCUT2D eigenvalue weighted by molar-refractivity contribution is -0.140. The molecule has 6 heteroatoms. The summed E-state index contributed by atoms with van der Waals surface area (Å²) >= 11 is 0. The smallest absolute Gasteiger partial charge is 0.383 e. The van der Waals surface area contributed by atoms with E-state index in [-0.39, 0.29) is 11.6 Å². The summed E-state index contributed by atoms with van der Waals surface area (Å²) in [7, 11) is 0. The SMILES string of the molecule is OC1(c2ccc(C(F)(F)F)c(F)c2)CCN2CCCCC21. The fourth-order valence-corrected chi connectivity index (χ4v) is 3.63. The number of rotatable bonds is 1. The van der Waals surface area contributed by atoms with Gasteiger partial charge in [0.15, 0.2) is 0 Å². The Morgan fingerprint density at radius 1 is 1.19 bits per heavy atom. The average Bonchev–Trinajstić information content (AvgIpc) is 2.77. The molecule has 1 aromatic carbocycles. The molecule has 2 unspecified atom stereocenters. The number of piperidine rings is 1. The molecular weight excluding hydrogens is 286 g/mol. The van der Waals surface area contributed by atoms with Gasteiger partial charge >= 0.3 is 6.18 Å². The Bertz CT molecular complexity index is 545. The largest absolute Gasteiger partial charge is 0.419 e. The highest BCUT2D eigenvalue weighted by Gasteiger charge is 2.48. The van der Waals surface area contributed by atoms with Crippen molar-refractivity contribution in [3.63, 3.8) is 0 Å². The molecule has 2 nitrogen and oxygen atoms in total. The van der Waals surface area contributed by atoms with Crippen LogP contribution in [0.5, 0.6) is 0 Å². The summed E-state index contributed by atoms with van der Waals surface area (Å²) in [4.78, 5) is 2.15. The predicted molar refractivity (Wildman–Crippen MR) is 69.1 cm³/mol. The van der Waals surface area contributed by atoms with E-state index < -0.39 is 23.2 Å². The summed E-state index contributed by atoms with van der Waals surface area (Å²) < 4.78 is 51.6. The topological polar surface area (TPSA) is 23.5 Å². The van der Waals surface area contributed by atoms with Gasteiger partial charge in [0.2, 0.25) is 0 Å². The zero-order valence-electron chi connectivity index (χ0n) is 11.5. The van der Waals surface area contributed by atoms with Crippen molar-refractivity contribution in [3.8, 4) is 0 Å². The molecule has 2 heterocycles. The molecule has 0 spiro atoms. The molecule has 3 rings (SSSR count). The van der Waals surface area contributed by atoms with E-state index in [1.807, 2.05) is 0 Å². The summed E-state index contributed by atoms with van der Waals surface area (Å²) in [6, 6.07) is 2.67.